The second kappa shape index (κ2) is 9.32. The Kier molecular flexibility index (Phi) is 7.40. The largest absolute Gasteiger partial charge is 0.491 e. The fraction of sp³-hybridized carbons (Fsp3) is 0.278. The molecule has 0 aliphatic carbocycles. The van der Waals surface area contributed by atoms with Crippen LogP contribution in [0.25, 0.3) is 0 Å². The van der Waals surface area contributed by atoms with Crippen molar-refractivity contribution in [3.8, 4) is 5.75 Å². The maximum atomic E-state index is 14.3. The van der Waals surface area contributed by atoms with Crippen molar-refractivity contribution in [2.45, 2.75) is 18.0 Å². The van der Waals surface area contributed by atoms with Crippen LogP contribution in [0.1, 0.15) is 12.5 Å². The van der Waals surface area contributed by atoms with E-state index in [9.17, 15) is 43.9 Å². The first-order valence-electron chi connectivity index (χ1n) is 8.63. The van der Waals surface area contributed by atoms with Gasteiger partial charge in [0.1, 0.15) is 0 Å². The van der Waals surface area contributed by atoms with Crippen LogP contribution in [-0.2, 0) is 21.0 Å². The average Bonchev–Trinajstić information content (AvgIpc) is 2.70. The number of ether oxygens (including phenoxy) is 1. The molecule has 2 aromatic carbocycles. The highest BCUT2D eigenvalue weighted by Gasteiger charge is 2.38. The van der Waals surface area contributed by atoms with Crippen molar-refractivity contribution in [3.05, 3.63) is 53.1 Å². The van der Waals surface area contributed by atoms with Crippen LogP contribution in [0.3, 0.4) is 0 Å². The topological polar surface area (TPSA) is 75.7 Å². The minimum atomic E-state index is -5.34. The maximum absolute atomic E-state index is 14.3. The van der Waals surface area contributed by atoms with Crippen LogP contribution in [0.2, 0.25) is 0 Å². The summed E-state index contributed by atoms with van der Waals surface area (Å²) in [5.74, 6) is -11.6. The third-order valence-corrected chi connectivity index (χ3v) is 6.11. The zero-order chi connectivity index (χ0) is 24.4. The van der Waals surface area contributed by atoms with Crippen LogP contribution in [0.15, 0.2) is 29.2 Å². The predicted molar refractivity (Wildman–Crippen MR) is 97.3 cm³/mol. The molecule has 0 saturated carbocycles. The number of sulfonamides is 1. The second-order valence-electron chi connectivity index (χ2n) is 6.14. The highest BCUT2D eigenvalue weighted by Crippen LogP contribution is 2.35. The molecule has 0 spiro atoms. The molecular weight excluding hydrogens is 473 g/mol. The summed E-state index contributed by atoms with van der Waals surface area (Å²) in [6.45, 7) is -0.704. The van der Waals surface area contributed by atoms with E-state index in [2.05, 4.69) is 4.74 Å². The van der Waals surface area contributed by atoms with Gasteiger partial charge < -0.3 is 10.1 Å². The van der Waals surface area contributed by atoms with Gasteiger partial charge in [0.25, 0.3) is 0 Å². The van der Waals surface area contributed by atoms with E-state index in [4.69, 9.17) is 0 Å². The summed E-state index contributed by atoms with van der Waals surface area (Å²) in [7, 11) is -4.65. The lowest BCUT2D eigenvalue weighted by Gasteiger charge is -2.22. The molecule has 176 valence electrons. The van der Waals surface area contributed by atoms with Crippen molar-refractivity contribution >= 4 is 21.6 Å². The van der Waals surface area contributed by atoms with Gasteiger partial charge in [-0.15, -0.1) is 0 Å². The van der Waals surface area contributed by atoms with Gasteiger partial charge in [-0.3, -0.25) is 4.79 Å². The van der Waals surface area contributed by atoms with E-state index in [1.165, 1.54) is 6.07 Å². The normalized spacial score (nSPS) is 12.2. The lowest BCUT2D eigenvalue weighted by molar-refractivity contribution is -0.137. The molecule has 0 heterocycles. The smallest absolute Gasteiger partial charge is 0.418 e. The van der Waals surface area contributed by atoms with E-state index < -0.39 is 80.4 Å². The zero-order valence-corrected chi connectivity index (χ0v) is 17.2. The molecule has 2 aromatic rings. The summed E-state index contributed by atoms with van der Waals surface area (Å²) >= 11 is 0. The van der Waals surface area contributed by atoms with Crippen LogP contribution < -0.4 is 10.1 Å². The van der Waals surface area contributed by atoms with Crippen molar-refractivity contribution < 1.29 is 48.7 Å². The molecule has 6 nitrogen and oxygen atoms in total. The lowest BCUT2D eigenvalue weighted by atomic mass is 10.1. The number of amides is 1. The van der Waals surface area contributed by atoms with Gasteiger partial charge in [0, 0.05) is 6.54 Å². The Morgan fingerprint density at radius 1 is 1.03 bits per heavy atom. The zero-order valence-electron chi connectivity index (χ0n) is 16.4. The van der Waals surface area contributed by atoms with Crippen LogP contribution >= 0.6 is 0 Å². The number of carbonyl (C=O) groups is 1. The number of carbonyl (C=O) groups excluding carboxylic acids is 1. The fourth-order valence-electron chi connectivity index (χ4n) is 2.68. The number of benzene rings is 2. The molecular formula is C18H15F7N2O4S. The van der Waals surface area contributed by atoms with Crippen molar-refractivity contribution in [3.63, 3.8) is 0 Å². The highest BCUT2D eigenvalue weighted by molar-refractivity contribution is 7.89. The summed E-state index contributed by atoms with van der Waals surface area (Å²) in [4.78, 5) is 10.2. The van der Waals surface area contributed by atoms with Crippen LogP contribution in [-0.4, -0.2) is 38.8 Å². The molecule has 0 bridgehead atoms. The van der Waals surface area contributed by atoms with E-state index in [0.29, 0.717) is 13.2 Å². The van der Waals surface area contributed by atoms with Gasteiger partial charge >= 0.3 is 6.18 Å². The Morgan fingerprint density at radius 2 is 1.56 bits per heavy atom. The molecule has 1 amide bonds. The van der Waals surface area contributed by atoms with Crippen LogP contribution in [0.5, 0.6) is 5.75 Å². The van der Waals surface area contributed by atoms with Crippen LogP contribution in [0.4, 0.5) is 36.4 Å². The number of methoxy groups -OCH3 is 1. The molecule has 0 aromatic heterocycles. The van der Waals surface area contributed by atoms with Crippen molar-refractivity contribution in [1.29, 1.82) is 0 Å². The maximum Gasteiger partial charge on any atom is 0.418 e. The number of para-hydroxylation sites is 1. The van der Waals surface area contributed by atoms with Gasteiger partial charge in [-0.1, -0.05) is 19.1 Å². The first-order valence-corrected chi connectivity index (χ1v) is 10.1. The van der Waals surface area contributed by atoms with E-state index in [-0.39, 0.29) is 4.31 Å². The van der Waals surface area contributed by atoms with Crippen LogP contribution in [0, 0.1) is 23.3 Å². The second-order valence-corrected chi connectivity index (χ2v) is 8.02. The van der Waals surface area contributed by atoms with E-state index in [1.807, 2.05) is 5.32 Å². The fourth-order valence-corrected chi connectivity index (χ4v) is 4.20. The Morgan fingerprint density at radius 3 is 2.03 bits per heavy atom. The Balaban J connectivity index is 2.41. The predicted octanol–water partition coefficient (Wildman–Crippen LogP) is 3.92. The molecule has 2 rings (SSSR count). The summed E-state index contributed by atoms with van der Waals surface area (Å²) in [6, 6.07) is 3.79. The van der Waals surface area contributed by atoms with E-state index in [1.54, 1.807) is 0 Å². The van der Waals surface area contributed by atoms with Crippen molar-refractivity contribution in [2.24, 2.45) is 0 Å². The molecule has 0 aliphatic heterocycles. The van der Waals surface area contributed by atoms with Gasteiger partial charge in [0.2, 0.25) is 27.6 Å². The van der Waals surface area contributed by atoms with E-state index >= 15 is 0 Å². The Bertz CT molecular complexity index is 1110. The number of rotatable bonds is 7. The minimum absolute atomic E-state index is 0.130. The number of hydrogen-bond acceptors (Lipinski definition) is 4. The van der Waals surface area contributed by atoms with Gasteiger partial charge in [-0.05, 0) is 12.1 Å². The number of hydrogen-bond donors (Lipinski definition) is 1. The Hall–Kier alpha value is -2.87. The monoisotopic (exact) mass is 488 g/mol. The molecule has 14 heteroatoms. The number of alkyl halides is 3. The highest BCUT2D eigenvalue weighted by atomic mass is 32.2. The number of nitrogens with zero attached hydrogens (tertiary/aromatic N) is 1. The molecule has 32 heavy (non-hydrogen) atoms. The SMILES string of the molecule is CCN(CC(=O)Nc1ccccc1C(F)(F)F)S(=O)(=O)c1c(F)c(F)c(OC)c(F)c1F. The standard InChI is InChI=1S/C18H15F7N2O4S/c1-3-27(8-11(28)26-10-7-5-4-6-9(10)18(23,24)25)32(29,30)17-14(21)12(19)16(31-2)13(20)15(17)22/h4-7H,3,8H2,1-2H3,(H,26,28). The molecule has 0 atom stereocenters. The third kappa shape index (κ3) is 4.80. The third-order valence-electron chi connectivity index (χ3n) is 4.16. The number of anilines is 1. The number of halogens is 7. The minimum Gasteiger partial charge on any atom is -0.491 e. The summed E-state index contributed by atoms with van der Waals surface area (Å²) < 4.78 is 125. The van der Waals surface area contributed by atoms with Gasteiger partial charge in [0.05, 0.1) is 24.9 Å². The van der Waals surface area contributed by atoms with Gasteiger partial charge in [0.15, 0.2) is 22.3 Å². The summed E-state index contributed by atoms with van der Waals surface area (Å²) in [5.41, 5.74) is -1.92. The molecule has 0 aliphatic rings. The van der Waals surface area contributed by atoms with Crippen molar-refractivity contribution in [2.75, 3.05) is 25.5 Å². The first-order chi connectivity index (χ1) is 14.8. The molecule has 0 radical (unpaired) electrons. The van der Waals surface area contributed by atoms with Crippen molar-refractivity contribution in [1.82, 2.24) is 4.31 Å². The van der Waals surface area contributed by atoms with Gasteiger partial charge in [-0.25, -0.2) is 17.2 Å². The molecule has 0 fully saturated rings. The lowest BCUT2D eigenvalue weighted by Crippen LogP contribution is -2.39. The Labute approximate surface area is 177 Å². The molecule has 0 saturated heterocycles. The molecule has 1 N–H and O–H groups in total. The number of nitrogens with one attached hydrogen (secondary N) is 1. The van der Waals surface area contributed by atoms with E-state index in [0.717, 1.165) is 19.1 Å². The quantitative estimate of drug-likeness (QED) is 0.474. The summed E-state index contributed by atoms with van der Waals surface area (Å²) in [6.07, 6.45) is -4.84. The summed E-state index contributed by atoms with van der Waals surface area (Å²) in [5, 5.41) is 1.85. The number of likely N-dealkylation sites (N-methyl/N-ethyl adjacent to an activating group) is 1. The molecule has 0 unspecified atom stereocenters. The van der Waals surface area contributed by atoms with Gasteiger partial charge in [-0.2, -0.15) is 26.3 Å². The first kappa shape index (κ1) is 25.4. The average molecular weight is 488 g/mol.